The van der Waals surface area contributed by atoms with Crippen molar-refractivity contribution in [2.24, 2.45) is 0 Å². The molecule has 0 bridgehead atoms. The zero-order valence-electron chi connectivity index (χ0n) is 10.8. The van der Waals surface area contributed by atoms with Crippen molar-refractivity contribution in [1.82, 2.24) is 0 Å². The Bertz CT molecular complexity index is 442. The van der Waals surface area contributed by atoms with E-state index in [0.29, 0.717) is 16.6 Å². The Kier molecular flexibility index (Phi) is 4.49. The van der Waals surface area contributed by atoms with Gasteiger partial charge in [-0.2, -0.15) is 5.26 Å². The highest BCUT2D eigenvalue weighted by molar-refractivity contribution is 6.32. The number of hydrogen-bond acceptors (Lipinski definition) is 2. The molecule has 1 aliphatic carbocycles. The van der Waals surface area contributed by atoms with Gasteiger partial charge in [0.2, 0.25) is 0 Å². The van der Waals surface area contributed by atoms with Crippen molar-refractivity contribution in [2.45, 2.75) is 44.6 Å². The molecule has 0 amide bonds. The van der Waals surface area contributed by atoms with Crippen LogP contribution in [0.2, 0.25) is 5.02 Å². The first-order chi connectivity index (χ1) is 8.74. The lowest BCUT2D eigenvalue weighted by molar-refractivity contribution is 0.553. The van der Waals surface area contributed by atoms with E-state index in [1.807, 2.05) is 12.1 Å². The van der Waals surface area contributed by atoms with Crippen LogP contribution in [0.15, 0.2) is 18.2 Å². The number of halogens is 1. The first kappa shape index (κ1) is 13.2. The van der Waals surface area contributed by atoms with Gasteiger partial charge in [-0.05, 0) is 25.0 Å². The summed E-state index contributed by atoms with van der Waals surface area (Å²) in [4.78, 5) is 2.25. The predicted octanol–water partition coefficient (Wildman–Crippen LogP) is 4.37. The molecule has 2 rings (SSSR count). The van der Waals surface area contributed by atoms with Crippen LogP contribution in [-0.4, -0.2) is 13.1 Å². The molecule has 1 saturated carbocycles. The van der Waals surface area contributed by atoms with Crippen molar-refractivity contribution in [3.05, 3.63) is 28.8 Å². The Morgan fingerprint density at radius 2 is 1.89 bits per heavy atom. The summed E-state index contributed by atoms with van der Waals surface area (Å²) in [6, 6.07) is 8.47. The van der Waals surface area contributed by atoms with Crippen molar-refractivity contribution < 1.29 is 0 Å². The quantitative estimate of drug-likeness (QED) is 0.740. The summed E-state index contributed by atoms with van der Waals surface area (Å²) >= 11 is 6.10. The van der Waals surface area contributed by atoms with Gasteiger partial charge in [0, 0.05) is 13.1 Å². The SMILES string of the molecule is CN(c1cccc(Cl)c1C#N)C1CCCCCC1. The Morgan fingerprint density at radius 3 is 2.50 bits per heavy atom. The molecule has 18 heavy (non-hydrogen) atoms. The average Bonchev–Trinajstić information content (AvgIpc) is 2.66. The number of nitriles is 1. The van der Waals surface area contributed by atoms with E-state index in [1.54, 1.807) is 6.07 Å². The van der Waals surface area contributed by atoms with Crippen LogP contribution < -0.4 is 4.90 Å². The third-order valence-electron chi connectivity index (χ3n) is 3.86. The molecule has 96 valence electrons. The predicted molar refractivity (Wildman–Crippen MR) is 76.1 cm³/mol. The summed E-state index contributed by atoms with van der Waals surface area (Å²) in [6.07, 6.45) is 7.69. The van der Waals surface area contributed by atoms with Gasteiger partial charge in [0.05, 0.1) is 16.3 Å². The number of hydrogen-bond donors (Lipinski definition) is 0. The van der Waals surface area contributed by atoms with Crippen LogP contribution in [-0.2, 0) is 0 Å². The van der Waals surface area contributed by atoms with Gasteiger partial charge in [0.15, 0.2) is 0 Å². The van der Waals surface area contributed by atoms with Gasteiger partial charge < -0.3 is 4.90 Å². The van der Waals surface area contributed by atoms with Crippen molar-refractivity contribution in [3.63, 3.8) is 0 Å². The third kappa shape index (κ3) is 2.79. The Morgan fingerprint density at radius 1 is 1.22 bits per heavy atom. The molecule has 0 N–H and O–H groups in total. The highest BCUT2D eigenvalue weighted by Crippen LogP contribution is 2.30. The molecule has 3 heteroatoms. The second-order valence-electron chi connectivity index (χ2n) is 5.00. The molecule has 0 unspecified atom stereocenters. The molecule has 0 radical (unpaired) electrons. The zero-order valence-corrected chi connectivity index (χ0v) is 11.6. The number of nitrogens with zero attached hydrogens (tertiary/aromatic N) is 2. The molecule has 1 fully saturated rings. The first-order valence-corrected chi connectivity index (χ1v) is 7.03. The van der Waals surface area contributed by atoms with Crippen LogP contribution in [0.5, 0.6) is 0 Å². The summed E-state index contributed by atoms with van der Waals surface area (Å²) < 4.78 is 0. The summed E-state index contributed by atoms with van der Waals surface area (Å²) in [5.74, 6) is 0. The molecule has 1 aromatic rings. The largest absolute Gasteiger partial charge is 0.371 e. The van der Waals surface area contributed by atoms with Crippen LogP contribution in [0, 0.1) is 11.3 Å². The molecule has 0 atom stereocenters. The lowest BCUT2D eigenvalue weighted by Crippen LogP contribution is -2.31. The zero-order chi connectivity index (χ0) is 13.0. The molecular weight excluding hydrogens is 244 g/mol. The van der Waals surface area contributed by atoms with Crippen molar-refractivity contribution >= 4 is 17.3 Å². The molecule has 0 spiro atoms. The van der Waals surface area contributed by atoms with E-state index in [4.69, 9.17) is 11.6 Å². The number of rotatable bonds is 2. The normalized spacial score (nSPS) is 16.9. The van der Waals surface area contributed by atoms with E-state index in [0.717, 1.165) is 5.69 Å². The van der Waals surface area contributed by atoms with Gasteiger partial charge in [0.1, 0.15) is 6.07 Å². The number of anilines is 1. The van der Waals surface area contributed by atoms with E-state index >= 15 is 0 Å². The van der Waals surface area contributed by atoms with Crippen LogP contribution in [0.1, 0.15) is 44.1 Å². The smallest absolute Gasteiger partial charge is 0.103 e. The summed E-state index contributed by atoms with van der Waals surface area (Å²) in [5.41, 5.74) is 1.57. The van der Waals surface area contributed by atoms with Crippen LogP contribution >= 0.6 is 11.6 Å². The fourth-order valence-corrected chi connectivity index (χ4v) is 2.97. The maximum Gasteiger partial charge on any atom is 0.103 e. The van der Waals surface area contributed by atoms with Crippen molar-refractivity contribution in [2.75, 3.05) is 11.9 Å². The van der Waals surface area contributed by atoms with E-state index in [1.165, 1.54) is 38.5 Å². The van der Waals surface area contributed by atoms with Gasteiger partial charge in [-0.1, -0.05) is 43.4 Å². The van der Waals surface area contributed by atoms with Gasteiger partial charge in [-0.3, -0.25) is 0 Å². The molecule has 2 nitrogen and oxygen atoms in total. The van der Waals surface area contributed by atoms with Crippen LogP contribution in [0.3, 0.4) is 0 Å². The highest BCUT2D eigenvalue weighted by atomic mass is 35.5. The summed E-state index contributed by atoms with van der Waals surface area (Å²) in [7, 11) is 2.09. The van der Waals surface area contributed by atoms with E-state index < -0.39 is 0 Å². The second kappa shape index (κ2) is 6.11. The topological polar surface area (TPSA) is 27.0 Å². The van der Waals surface area contributed by atoms with Crippen LogP contribution in [0.4, 0.5) is 5.69 Å². The van der Waals surface area contributed by atoms with Gasteiger partial charge in [-0.25, -0.2) is 0 Å². The minimum absolute atomic E-state index is 0.540. The number of benzene rings is 1. The van der Waals surface area contributed by atoms with Gasteiger partial charge in [0.25, 0.3) is 0 Å². The third-order valence-corrected chi connectivity index (χ3v) is 4.17. The lowest BCUT2D eigenvalue weighted by Gasteiger charge is -2.30. The minimum Gasteiger partial charge on any atom is -0.371 e. The maximum atomic E-state index is 9.24. The van der Waals surface area contributed by atoms with Crippen LogP contribution in [0.25, 0.3) is 0 Å². The second-order valence-corrected chi connectivity index (χ2v) is 5.41. The van der Waals surface area contributed by atoms with E-state index in [-0.39, 0.29) is 0 Å². The Labute approximate surface area is 114 Å². The average molecular weight is 263 g/mol. The van der Waals surface area contributed by atoms with Crippen molar-refractivity contribution in [3.8, 4) is 6.07 Å². The standard InChI is InChI=1S/C15H19ClN2/c1-18(12-7-4-2-3-5-8-12)15-10-6-9-14(16)13(15)11-17/h6,9-10,12H,2-5,7-8H2,1H3. The Hall–Kier alpha value is -1.20. The van der Waals surface area contributed by atoms with Crippen molar-refractivity contribution in [1.29, 1.82) is 5.26 Å². The molecule has 0 saturated heterocycles. The molecule has 0 aromatic heterocycles. The fourth-order valence-electron chi connectivity index (χ4n) is 2.76. The van der Waals surface area contributed by atoms with Gasteiger partial charge >= 0.3 is 0 Å². The highest BCUT2D eigenvalue weighted by Gasteiger charge is 2.20. The fraction of sp³-hybridized carbons (Fsp3) is 0.533. The first-order valence-electron chi connectivity index (χ1n) is 6.65. The minimum atomic E-state index is 0.540. The summed E-state index contributed by atoms with van der Waals surface area (Å²) in [5, 5.41) is 9.79. The van der Waals surface area contributed by atoms with Gasteiger partial charge in [-0.15, -0.1) is 0 Å². The lowest BCUT2D eigenvalue weighted by atomic mass is 10.1. The maximum absolute atomic E-state index is 9.24. The molecule has 0 aliphatic heterocycles. The molecule has 0 heterocycles. The summed E-state index contributed by atoms with van der Waals surface area (Å²) in [6.45, 7) is 0. The Balaban J connectivity index is 2.25. The molecule has 1 aromatic carbocycles. The monoisotopic (exact) mass is 262 g/mol. The molecule has 1 aliphatic rings. The van der Waals surface area contributed by atoms with E-state index in [9.17, 15) is 5.26 Å². The van der Waals surface area contributed by atoms with E-state index in [2.05, 4.69) is 18.0 Å². The molecular formula is C15H19ClN2.